The molecule has 4 aliphatic carbocycles. The Morgan fingerprint density at radius 3 is 1.21 bits per heavy atom. The molecule has 0 spiro atoms. The van der Waals surface area contributed by atoms with Crippen molar-refractivity contribution >= 4 is 65.2 Å². The molecule has 1 aromatic carbocycles. The molecular weight excluding hydrogens is 765 g/mol. The fraction of sp³-hybridized carbons (Fsp3) is 0.442. The summed E-state index contributed by atoms with van der Waals surface area (Å²) < 4.78 is 0. The summed E-state index contributed by atoms with van der Waals surface area (Å²) in [6.45, 7) is 2.26. The number of allylic oxidation sites excluding steroid dienone is 4. The average molecular weight is 815 g/mol. The van der Waals surface area contributed by atoms with Gasteiger partial charge in [0.2, 0.25) is 0 Å². The van der Waals surface area contributed by atoms with Crippen LogP contribution in [0.2, 0.25) is 0 Å². The van der Waals surface area contributed by atoms with Crippen LogP contribution in [0.25, 0.3) is 44.9 Å². The van der Waals surface area contributed by atoms with Crippen LogP contribution in [0.15, 0.2) is 24.3 Å². The Balaban J connectivity index is 0.000000308. The van der Waals surface area contributed by atoms with Gasteiger partial charge in [0.25, 0.3) is 5.91 Å². The topological polar surface area (TPSA) is 172 Å². The maximum absolute atomic E-state index is 11.4. The van der Waals surface area contributed by atoms with E-state index in [2.05, 4.69) is 5.32 Å². The van der Waals surface area contributed by atoms with E-state index in [-0.39, 0.29) is 51.4 Å². The molecule has 1 amide bonds. The molecule has 8 bridgehead atoms. The number of carbonyl (C=O) groups excluding carboxylic acids is 1. The van der Waals surface area contributed by atoms with Gasteiger partial charge in [-0.15, -0.1) is 0 Å². The molecule has 6 aliphatic rings. The third kappa shape index (κ3) is 7.86. The summed E-state index contributed by atoms with van der Waals surface area (Å²) in [5.41, 5.74) is 13.4. The van der Waals surface area contributed by atoms with Crippen molar-refractivity contribution in [3.05, 3.63) is 80.9 Å². The van der Waals surface area contributed by atoms with Gasteiger partial charge in [-0.25, -0.2) is 14.8 Å². The first-order valence-electron chi connectivity index (χ1n) is 19.7. The fourth-order valence-corrected chi connectivity index (χ4v) is 8.80. The van der Waals surface area contributed by atoms with E-state index >= 15 is 0 Å². The van der Waals surface area contributed by atoms with Crippen LogP contribution in [0.5, 0.6) is 0 Å². The van der Waals surface area contributed by atoms with Crippen molar-refractivity contribution in [1.82, 2.24) is 45.2 Å². The summed E-state index contributed by atoms with van der Waals surface area (Å²) >= 11 is 0. The molecule has 0 saturated carbocycles. The largest absolute Gasteiger partial charge is 2.00 e. The van der Waals surface area contributed by atoms with Crippen LogP contribution in [0, 0.1) is 0 Å². The van der Waals surface area contributed by atoms with E-state index in [0.717, 1.165) is 149 Å². The number of carbonyl (C=O) groups is 2. The molecule has 4 radical (unpaired) electrons. The number of benzene rings is 1. The molecule has 10 rings (SSSR count). The number of hydrogen-bond donors (Lipinski definition) is 2. The minimum absolute atomic E-state index is 0. The van der Waals surface area contributed by atoms with Crippen LogP contribution in [0.4, 0.5) is 0 Å². The third-order valence-corrected chi connectivity index (χ3v) is 11.5. The van der Waals surface area contributed by atoms with Gasteiger partial charge in [0.15, 0.2) is 0 Å². The zero-order valence-corrected chi connectivity index (χ0v) is 32.5. The van der Waals surface area contributed by atoms with Crippen LogP contribution < -0.4 is 15.3 Å². The third-order valence-electron chi connectivity index (χ3n) is 11.5. The second-order valence-electron chi connectivity index (χ2n) is 14.9. The summed E-state index contributed by atoms with van der Waals surface area (Å²) in [5.74, 6) is 1.75. The number of rotatable bonds is 3. The SMILES string of the molecule is C.C1CCC2=C(C1)c1nc2nc2[n-]c(nc3nc(nc4[n-]c(n1)c1c4CCCC1)C1=C3CCCC1)c1c2CCCC1.CCNC(=O)c1ccccc1C(=O)O.[2HH].[B].[Cu+2]. The van der Waals surface area contributed by atoms with Crippen molar-refractivity contribution in [1.29, 1.82) is 0 Å². The molecule has 5 heterocycles. The zero-order chi connectivity index (χ0) is 36.8. The summed E-state index contributed by atoms with van der Waals surface area (Å²) in [6, 6.07) is 6.13. The predicted octanol–water partition coefficient (Wildman–Crippen LogP) is 7.51. The van der Waals surface area contributed by atoms with E-state index in [1.807, 2.05) is 0 Å². The van der Waals surface area contributed by atoms with Gasteiger partial charge in [0.05, 0.1) is 34.4 Å². The zero-order valence-electron chi connectivity index (χ0n) is 31.6. The molecule has 0 unspecified atom stereocenters. The summed E-state index contributed by atoms with van der Waals surface area (Å²) in [5, 5.41) is 11.4. The van der Waals surface area contributed by atoms with Gasteiger partial charge < -0.3 is 40.3 Å². The second kappa shape index (κ2) is 17.7. The number of aryl methyl sites for hydroxylation is 4. The number of nitrogens with one attached hydrogen (secondary N) is 1. The molecule has 0 fully saturated rings. The fourth-order valence-electron chi connectivity index (χ4n) is 8.80. The second-order valence-corrected chi connectivity index (χ2v) is 14.9. The van der Waals surface area contributed by atoms with Crippen LogP contribution >= 0.6 is 0 Å². The van der Waals surface area contributed by atoms with Crippen LogP contribution in [-0.2, 0) is 42.8 Å². The Hall–Kier alpha value is -4.94. The van der Waals surface area contributed by atoms with E-state index in [0.29, 0.717) is 6.54 Å². The Labute approximate surface area is 346 Å². The first kappa shape index (κ1) is 41.7. The molecule has 2 N–H and O–H groups in total. The number of carboxylic acids is 1. The van der Waals surface area contributed by atoms with Gasteiger partial charge in [0, 0.05) is 39.0 Å². The number of nitrogens with zero attached hydrogens (tertiary/aromatic N) is 8. The minimum Gasteiger partial charge on any atom is -0.478 e. The number of amides is 1. The van der Waals surface area contributed by atoms with Gasteiger partial charge in [-0.1, -0.05) is 19.6 Å². The molecule has 4 aromatic rings. The Morgan fingerprint density at radius 2 is 0.895 bits per heavy atom. The number of hydrogen-bond acceptors (Lipinski definition) is 8. The smallest absolute Gasteiger partial charge is 0.478 e. The Kier molecular flexibility index (Phi) is 12.9. The van der Waals surface area contributed by atoms with E-state index in [1.54, 1.807) is 19.1 Å². The molecule has 14 heteroatoms. The van der Waals surface area contributed by atoms with Crippen molar-refractivity contribution in [3.8, 4) is 0 Å². The molecule has 2 aliphatic heterocycles. The molecule has 0 atom stereocenters. The van der Waals surface area contributed by atoms with Gasteiger partial charge in [-0.2, -0.15) is 0 Å². The van der Waals surface area contributed by atoms with Crippen LogP contribution in [0.3, 0.4) is 0 Å². The first-order valence-corrected chi connectivity index (χ1v) is 19.7. The Bertz CT molecular complexity index is 2200. The predicted molar refractivity (Wildman–Crippen MR) is 220 cm³/mol. The maximum Gasteiger partial charge on any atom is 2.00 e. The van der Waals surface area contributed by atoms with Crippen molar-refractivity contribution in [2.45, 2.75) is 117 Å². The summed E-state index contributed by atoms with van der Waals surface area (Å²) in [6.07, 6.45) is 17.3. The molecule has 298 valence electrons. The van der Waals surface area contributed by atoms with Crippen molar-refractivity contribution in [2.75, 3.05) is 6.54 Å². The van der Waals surface area contributed by atoms with E-state index in [1.165, 1.54) is 56.7 Å². The molecule has 12 nitrogen and oxygen atoms in total. The van der Waals surface area contributed by atoms with E-state index < -0.39 is 5.97 Å². The first-order chi connectivity index (χ1) is 26.5. The van der Waals surface area contributed by atoms with Crippen molar-refractivity contribution < 1.29 is 33.2 Å². The normalized spacial score (nSPS) is 16.5. The molecule has 3 aromatic heterocycles. The average Bonchev–Trinajstić information content (AvgIpc) is 3.94. The van der Waals surface area contributed by atoms with Gasteiger partial charge >= 0.3 is 23.0 Å². The summed E-state index contributed by atoms with van der Waals surface area (Å²) in [7, 11) is 0. The van der Waals surface area contributed by atoms with Gasteiger partial charge in [-0.05, 0) is 166 Å². The number of aromatic carboxylic acids is 1. The van der Waals surface area contributed by atoms with Crippen LogP contribution in [0.1, 0.15) is 159 Å². The monoisotopic (exact) mass is 814 g/mol. The number of fused-ring (bicyclic) bond motifs is 18. The Morgan fingerprint density at radius 1 is 0.579 bits per heavy atom. The van der Waals surface area contributed by atoms with Crippen LogP contribution in [-0.4, -0.2) is 61.8 Å². The quantitative estimate of drug-likeness (QED) is 0.196. The summed E-state index contributed by atoms with van der Waals surface area (Å²) in [4.78, 5) is 63.1. The van der Waals surface area contributed by atoms with E-state index in [4.69, 9.17) is 45.0 Å². The van der Waals surface area contributed by atoms with Crippen molar-refractivity contribution in [3.63, 3.8) is 0 Å². The maximum atomic E-state index is 11.4. The minimum atomic E-state index is -1.09. The van der Waals surface area contributed by atoms with Crippen molar-refractivity contribution in [2.24, 2.45) is 0 Å². The molecule has 57 heavy (non-hydrogen) atoms. The molecule has 0 saturated heterocycles. The number of carboxylic acid groups (broad SMARTS) is 1. The molecular formula is C43H49BCuN9O3. The number of aromatic nitrogens is 8. The van der Waals surface area contributed by atoms with Gasteiger partial charge in [-0.3, -0.25) is 4.79 Å². The van der Waals surface area contributed by atoms with Gasteiger partial charge in [0.1, 0.15) is 0 Å². The standard InChI is InChI=1S/C32H32N8.C10H11NO3.CH4.B.Cu.H2/c1-2-10-18-17(9-1)25-33-26(18)38-28-21-13-5-6-14-22(21)30(35-28)40-32-24-16-8-7-15-23(24)31(36-32)39-29-20-12-4-3-11-19(20)27(34-29)37-25;1-2-11-9(12)7-5-3-4-6-8(7)10(13)14;;;;/h1-16H2;3-6H,2H2,1H3,(H,11,12)(H,13,14);1H4;;;1H/q-2;;;;+2;/i;;;;;1+1. The van der Waals surface area contributed by atoms with E-state index in [9.17, 15) is 9.59 Å².